The van der Waals surface area contributed by atoms with E-state index >= 15 is 0 Å². The standard InChI is InChI=1S/C20H24ClN3O5S/c1-14-4-8-16(9-5-14)30(27,28)24(2)13-20(26)23-22-19(25)11-7-15-6-10-18(29-3)17(21)12-15/h4-6,8-10,12H,7,11,13H2,1-3H3,(H,22,25)(H,23,26). The molecule has 0 aliphatic rings. The highest BCUT2D eigenvalue weighted by Crippen LogP contribution is 2.25. The number of carbonyl (C=O) groups is 2. The number of sulfonamides is 1. The largest absolute Gasteiger partial charge is 0.495 e. The van der Waals surface area contributed by atoms with Gasteiger partial charge in [0.2, 0.25) is 15.9 Å². The van der Waals surface area contributed by atoms with E-state index in [0.717, 1.165) is 15.4 Å². The van der Waals surface area contributed by atoms with Gasteiger partial charge in [-0.25, -0.2) is 8.42 Å². The number of halogens is 1. The Morgan fingerprint density at radius 3 is 2.30 bits per heavy atom. The van der Waals surface area contributed by atoms with Crippen LogP contribution in [0.15, 0.2) is 47.4 Å². The van der Waals surface area contributed by atoms with Crippen LogP contribution in [0.25, 0.3) is 0 Å². The summed E-state index contributed by atoms with van der Waals surface area (Å²) in [6, 6.07) is 11.5. The lowest BCUT2D eigenvalue weighted by molar-refractivity contribution is -0.128. The van der Waals surface area contributed by atoms with Crippen LogP contribution in [-0.2, 0) is 26.0 Å². The molecule has 0 aromatic heterocycles. The van der Waals surface area contributed by atoms with Crippen LogP contribution in [0.3, 0.4) is 0 Å². The smallest absolute Gasteiger partial charge is 0.253 e. The zero-order chi connectivity index (χ0) is 22.3. The van der Waals surface area contributed by atoms with Crippen LogP contribution in [0.2, 0.25) is 5.02 Å². The minimum atomic E-state index is -3.81. The molecule has 0 fully saturated rings. The highest BCUT2D eigenvalue weighted by Gasteiger charge is 2.23. The molecule has 0 unspecified atom stereocenters. The second-order valence-electron chi connectivity index (χ2n) is 6.64. The van der Waals surface area contributed by atoms with E-state index < -0.39 is 28.4 Å². The predicted octanol–water partition coefficient (Wildman–Crippen LogP) is 2.06. The molecular weight excluding hydrogens is 430 g/mol. The van der Waals surface area contributed by atoms with Gasteiger partial charge in [0.05, 0.1) is 23.6 Å². The van der Waals surface area contributed by atoms with Gasteiger partial charge in [-0.15, -0.1) is 0 Å². The highest BCUT2D eigenvalue weighted by molar-refractivity contribution is 7.89. The number of hydrogen-bond donors (Lipinski definition) is 2. The van der Waals surface area contributed by atoms with Crippen molar-refractivity contribution in [2.75, 3.05) is 20.7 Å². The number of likely N-dealkylation sites (N-methyl/N-ethyl adjacent to an activating group) is 1. The number of methoxy groups -OCH3 is 1. The Labute approximate surface area is 181 Å². The second kappa shape index (κ2) is 10.4. The number of hydrogen-bond acceptors (Lipinski definition) is 5. The molecule has 0 atom stereocenters. The fourth-order valence-electron chi connectivity index (χ4n) is 2.54. The van der Waals surface area contributed by atoms with Crippen molar-refractivity contribution in [3.63, 3.8) is 0 Å². The quantitative estimate of drug-likeness (QED) is 0.595. The van der Waals surface area contributed by atoms with E-state index in [0.29, 0.717) is 17.2 Å². The van der Waals surface area contributed by atoms with Gasteiger partial charge in [-0.2, -0.15) is 4.31 Å². The molecule has 2 aromatic rings. The van der Waals surface area contributed by atoms with Gasteiger partial charge < -0.3 is 4.74 Å². The van der Waals surface area contributed by atoms with E-state index in [1.165, 1.54) is 26.3 Å². The van der Waals surface area contributed by atoms with Crippen LogP contribution in [0, 0.1) is 6.92 Å². The van der Waals surface area contributed by atoms with E-state index in [1.54, 1.807) is 30.3 Å². The molecule has 2 N–H and O–H groups in total. The fourth-order valence-corrected chi connectivity index (χ4v) is 3.95. The third-order valence-electron chi connectivity index (χ3n) is 4.29. The number of nitrogens with zero attached hydrogens (tertiary/aromatic N) is 1. The fraction of sp³-hybridized carbons (Fsp3) is 0.300. The van der Waals surface area contributed by atoms with Gasteiger partial charge in [0.1, 0.15) is 5.75 Å². The van der Waals surface area contributed by atoms with E-state index in [4.69, 9.17) is 16.3 Å². The number of benzene rings is 2. The van der Waals surface area contributed by atoms with Crippen molar-refractivity contribution in [3.05, 3.63) is 58.6 Å². The van der Waals surface area contributed by atoms with Crippen LogP contribution in [0.4, 0.5) is 0 Å². The first-order valence-corrected chi connectivity index (χ1v) is 10.9. The number of hydrazine groups is 1. The van der Waals surface area contributed by atoms with Crippen molar-refractivity contribution in [2.45, 2.75) is 24.7 Å². The van der Waals surface area contributed by atoms with Gasteiger partial charge in [0.25, 0.3) is 5.91 Å². The molecule has 0 heterocycles. The average molecular weight is 454 g/mol. The maximum absolute atomic E-state index is 12.5. The number of ether oxygens (including phenoxy) is 1. The molecule has 30 heavy (non-hydrogen) atoms. The van der Waals surface area contributed by atoms with Crippen molar-refractivity contribution in [1.29, 1.82) is 0 Å². The Morgan fingerprint density at radius 1 is 1.07 bits per heavy atom. The molecule has 0 saturated heterocycles. The molecule has 0 radical (unpaired) electrons. The number of amides is 2. The molecule has 2 aromatic carbocycles. The summed E-state index contributed by atoms with van der Waals surface area (Å²) in [5.74, 6) is -0.532. The van der Waals surface area contributed by atoms with Crippen molar-refractivity contribution < 1.29 is 22.7 Å². The van der Waals surface area contributed by atoms with E-state index in [1.807, 2.05) is 6.92 Å². The Balaban J connectivity index is 1.81. The monoisotopic (exact) mass is 453 g/mol. The summed E-state index contributed by atoms with van der Waals surface area (Å²) >= 11 is 6.05. The number of rotatable bonds is 8. The van der Waals surface area contributed by atoms with Crippen LogP contribution in [0.1, 0.15) is 17.5 Å². The summed E-state index contributed by atoms with van der Waals surface area (Å²) in [4.78, 5) is 24.1. The molecule has 0 saturated carbocycles. The molecule has 0 aliphatic carbocycles. The first kappa shape index (κ1) is 23.7. The summed E-state index contributed by atoms with van der Waals surface area (Å²) in [6.45, 7) is 1.41. The van der Waals surface area contributed by atoms with Gasteiger partial charge in [0, 0.05) is 13.5 Å². The second-order valence-corrected chi connectivity index (χ2v) is 9.09. The van der Waals surface area contributed by atoms with Gasteiger partial charge in [-0.3, -0.25) is 20.4 Å². The summed E-state index contributed by atoms with van der Waals surface area (Å²) in [5.41, 5.74) is 6.26. The minimum Gasteiger partial charge on any atom is -0.495 e. The van der Waals surface area contributed by atoms with Crippen LogP contribution in [-0.4, -0.2) is 45.2 Å². The number of carbonyl (C=O) groups excluding carboxylic acids is 2. The van der Waals surface area contributed by atoms with Gasteiger partial charge >= 0.3 is 0 Å². The minimum absolute atomic E-state index is 0.0885. The van der Waals surface area contributed by atoms with Gasteiger partial charge in [-0.05, 0) is 43.2 Å². The van der Waals surface area contributed by atoms with Gasteiger partial charge in [-0.1, -0.05) is 35.4 Å². The third-order valence-corrected chi connectivity index (χ3v) is 6.41. The molecule has 8 nitrogen and oxygen atoms in total. The van der Waals surface area contributed by atoms with Crippen LogP contribution < -0.4 is 15.6 Å². The van der Waals surface area contributed by atoms with Crippen LogP contribution in [0.5, 0.6) is 5.75 Å². The summed E-state index contributed by atoms with van der Waals surface area (Å²) in [5, 5.41) is 0.446. The Bertz CT molecular complexity index is 1010. The zero-order valence-corrected chi connectivity index (χ0v) is 18.5. The summed E-state index contributed by atoms with van der Waals surface area (Å²) in [7, 11) is -0.998. The Kier molecular flexibility index (Phi) is 8.22. The van der Waals surface area contributed by atoms with E-state index in [9.17, 15) is 18.0 Å². The number of nitrogens with one attached hydrogen (secondary N) is 2. The predicted molar refractivity (Wildman–Crippen MR) is 114 cm³/mol. The first-order valence-electron chi connectivity index (χ1n) is 9.06. The molecule has 10 heteroatoms. The summed E-state index contributed by atoms with van der Waals surface area (Å²) in [6.07, 6.45) is 0.521. The van der Waals surface area contributed by atoms with Gasteiger partial charge in [0.15, 0.2) is 0 Å². The lowest BCUT2D eigenvalue weighted by Gasteiger charge is -2.17. The molecule has 162 valence electrons. The summed E-state index contributed by atoms with van der Waals surface area (Å²) < 4.78 is 31.0. The third kappa shape index (κ3) is 6.45. The van der Waals surface area contributed by atoms with Crippen molar-refractivity contribution in [1.82, 2.24) is 15.2 Å². The Morgan fingerprint density at radius 2 is 1.70 bits per heavy atom. The SMILES string of the molecule is COc1ccc(CCC(=O)NNC(=O)CN(C)S(=O)(=O)c2ccc(C)cc2)cc1Cl. The van der Waals surface area contributed by atoms with Crippen LogP contribution >= 0.6 is 11.6 Å². The lowest BCUT2D eigenvalue weighted by atomic mass is 10.1. The van der Waals surface area contributed by atoms with Crippen molar-refractivity contribution in [2.24, 2.45) is 0 Å². The molecule has 2 amide bonds. The first-order chi connectivity index (χ1) is 14.1. The molecule has 0 spiro atoms. The van der Waals surface area contributed by atoms with Crippen molar-refractivity contribution in [3.8, 4) is 5.75 Å². The Hall–Kier alpha value is -2.62. The normalized spacial score (nSPS) is 11.2. The lowest BCUT2D eigenvalue weighted by Crippen LogP contribution is -2.46. The number of aryl methyl sites for hydroxylation is 2. The molecule has 0 aliphatic heterocycles. The highest BCUT2D eigenvalue weighted by atomic mass is 35.5. The molecular formula is C20H24ClN3O5S. The molecule has 2 rings (SSSR count). The van der Waals surface area contributed by atoms with Crippen molar-refractivity contribution >= 4 is 33.4 Å². The van der Waals surface area contributed by atoms with E-state index in [-0.39, 0.29) is 11.3 Å². The zero-order valence-electron chi connectivity index (χ0n) is 16.9. The average Bonchev–Trinajstić information content (AvgIpc) is 2.71. The van der Waals surface area contributed by atoms with E-state index in [2.05, 4.69) is 10.9 Å². The topological polar surface area (TPSA) is 105 Å². The molecule has 0 bridgehead atoms. The maximum Gasteiger partial charge on any atom is 0.253 e. The maximum atomic E-state index is 12.5.